The van der Waals surface area contributed by atoms with E-state index in [-0.39, 0.29) is 17.5 Å². The molecule has 1 fully saturated rings. The van der Waals surface area contributed by atoms with Crippen LogP contribution in [0.2, 0.25) is 0 Å². The Labute approximate surface area is 85.8 Å². The van der Waals surface area contributed by atoms with Gasteiger partial charge in [-0.1, -0.05) is 6.92 Å². The summed E-state index contributed by atoms with van der Waals surface area (Å²) in [5, 5.41) is 2.87. The number of likely N-dealkylation sites (tertiary alicyclic amines) is 1. The van der Waals surface area contributed by atoms with E-state index in [1.165, 1.54) is 0 Å². The third-order valence-corrected chi connectivity index (χ3v) is 2.60. The summed E-state index contributed by atoms with van der Waals surface area (Å²) in [6.45, 7) is 8.19. The van der Waals surface area contributed by atoms with Gasteiger partial charge in [0.2, 0.25) is 5.91 Å². The van der Waals surface area contributed by atoms with Crippen molar-refractivity contribution in [1.29, 1.82) is 0 Å². The second kappa shape index (κ2) is 4.28. The van der Waals surface area contributed by atoms with Crippen molar-refractivity contribution in [1.82, 2.24) is 10.2 Å². The highest BCUT2D eigenvalue weighted by atomic mass is 16.2. The first kappa shape index (κ1) is 11.5. The Morgan fingerprint density at radius 2 is 2.14 bits per heavy atom. The van der Waals surface area contributed by atoms with Crippen molar-refractivity contribution in [3.05, 3.63) is 0 Å². The second-order valence-corrected chi connectivity index (χ2v) is 4.58. The molecule has 1 amide bonds. The van der Waals surface area contributed by atoms with Gasteiger partial charge in [0.25, 0.3) is 0 Å². The zero-order valence-corrected chi connectivity index (χ0v) is 9.34. The third kappa shape index (κ3) is 2.96. The monoisotopic (exact) mass is 199 g/mol. The fourth-order valence-electron chi connectivity index (χ4n) is 1.75. The highest BCUT2D eigenvalue weighted by molar-refractivity contribution is 5.78. The quantitative estimate of drug-likeness (QED) is 0.666. The third-order valence-electron chi connectivity index (χ3n) is 2.60. The Morgan fingerprint density at radius 1 is 1.57 bits per heavy atom. The summed E-state index contributed by atoms with van der Waals surface area (Å²) in [6, 6.07) is 0.220. The maximum Gasteiger partial charge on any atom is 0.234 e. The number of carbonyl (C=O) groups excluding carboxylic acids is 1. The van der Waals surface area contributed by atoms with Crippen LogP contribution in [0.1, 0.15) is 27.2 Å². The normalized spacial score (nSPS) is 20.6. The standard InChI is InChI=1S/C10H21N3O/c1-4-10(11)6-13(7-10)5-9(14)12-8(2)3/h8H,4-7,11H2,1-3H3,(H,12,14). The van der Waals surface area contributed by atoms with Gasteiger partial charge < -0.3 is 11.1 Å². The predicted octanol–water partition coefficient (Wildman–Crippen LogP) is -0.0659. The van der Waals surface area contributed by atoms with E-state index in [1.54, 1.807) is 0 Å². The molecule has 0 bridgehead atoms. The largest absolute Gasteiger partial charge is 0.353 e. The van der Waals surface area contributed by atoms with Crippen LogP contribution in [0.25, 0.3) is 0 Å². The molecule has 1 aliphatic rings. The Balaban J connectivity index is 2.19. The Hall–Kier alpha value is -0.610. The minimum Gasteiger partial charge on any atom is -0.353 e. The lowest BCUT2D eigenvalue weighted by Crippen LogP contribution is -2.68. The number of nitrogens with zero attached hydrogens (tertiary/aromatic N) is 1. The molecule has 3 N–H and O–H groups in total. The van der Waals surface area contributed by atoms with Gasteiger partial charge in [-0.15, -0.1) is 0 Å². The van der Waals surface area contributed by atoms with Crippen LogP contribution in [0.15, 0.2) is 0 Å². The highest BCUT2D eigenvalue weighted by Gasteiger charge is 2.38. The SMILES string of the molecule is CCC1(N)CN(CC(=O)NC(C)C)C1. The molecule has 1 aliphatic heterocycles. The fourth-order valence-corrected chi connectivity index (χ4v) is 1.75. The maximum absolute atomic E-state index is 11.4. The van der Waals surface area contributed by atoms with Crippen LogP contribution in [-0.4, -0.2) is 42.0 Å². The number of hydrogen-bond acceptors (Lipinski definition) is 3. The van der Waals surface area contributed by atoms with E-state index < -0.39 is 0 Å². The summed E-state index contributed by atoms with van der Waals surface area (Å²) in [5.41, 5.74) is 5.95. The molecule has 0 radical (unpaired) electrons. The van der Waals surface area contributed by atoms with E-state index in [4.69, 9.17) is 5.73 Å². The van der Waals surface area contributed by atoms with Gasteiger partial charge in [-0.3, -0.25) is 9.69 Å². The van der Waals surface area contributed by atoms with Crippen molar-refractivity contribution in [2.75, 3.05) is 19.6 Å². The van der Waals surface area contributed by atoms with Gasteiger partial charge in [0.1, 0.15) is 0 Å². The molecule has 0 saturated carbocycles. The minimum atomic E-state index is -0.0435. The summed E-state index contributed by atoms with van der Waals surface area (Å²) in [6.07, 6.45) is 0.981. The van der Waals surface area contributed by atoms with Crippen molar-refractivity contribution in [2.24, 2.45) is 5.73 Å². The molecule has 4 heteroatoms. The molecule has 0 aromatic rings. The molecule has 82 valence electrons. The second-order valence-electron chi connectivity index (χ2n) is 4.58. The van der Waals surface area contributed by atoms with Crippen molar-refractivity contribution < 1.29 is 4.79 Å². The van der Waals surface area contributed by atoms with Crippen molar-refractivity contribution in [3.63, 3.8) is 0 Å². The van der Waals surface area contributed by atoms with E-state index in [0.29, 0.717) is 6.54 Å². The number of rotatable bonds is 4. The number of nitrogens with two attached hydrogens (primary N) is 1. The van der Waals surface area contributed by atoms with Gasteiger partial charge in [0.05, 0.1) is 6.54 Å². The number of hydrogen-bond donors (Lipinski definition) is 2. The van der Waals surface area contributed by atoms with Gasteiger partial charge in [-0.05, 0) is 20.3 Å². The van der Waals surface area contributed by atoms with Crippen LogP contribution in [0.3, 0.4) is 0 Å². The number of amides is 1. The van der Waals surface area contributed by atoms with E-state index in [9.17, 15) is 4.79 Å². The maximum atomic E-state index is 11.4. The van der Waals surface area contributed by atoms with Crippen LogP contribution >= 0.6 is 0 Å². The summed E-state index contributed by atoms with van der Waals surface area (Å²) >= 11 is 0. The first-order chi connectivity index (χ1) is 6.45. The van der Waals surface area contributed by atoms with Crippen molar-refractivity contribution in [3.8, 4) is 0 Å². The average molecular weight is 199 g/mol. The number of nitrogens with one attached hydrogen (secondary N) is 1. The molecular weight excluding hydrogens is 178 g/mol. The minimum absolute atomic E-state index is 0.0435. The van der Waals surface area contributed by atoms with Crippen LogP contribution in [0.4, 0.5) is 0 Å². The van der Waals surface area contributed by atoms with Gasteiger partial charge in [0, 0.05) is 24.7 Å². The predicted molar refractivity (Wildman–Crippen MR) is 56.9 cm³/mol. The van der Waals surface area contributed by atoms with Gasteiger partial charge in [-0.25, -0.2) is 0 Å². The average Bonchev–Trinajstić information content (AvgIpc) is 1.99. The molecular formula is C10H21N3O. The van der Waals surface area contributed by atoms with E-state index in [2.05, 4.69) is 17.1 Å². The van der Waals surface area contributed by atoms with Crippen LogP contribution < -0.4 is 11.1 Å². The topological polar surface area (TPSA) is 58.4 Å². The summed E-state index contributed by atoms with van der Waals surface area (Å²) in [7, 11) is 0. The molecule has 1 saturated heterocycles. The van der Waals surface area contributed by atoms with Gasteiger partial charge in [0.15, 0.2) is 0 Å². The van der Waals surface area contributed by atoms with E-state index >= 15 is 0 Å². The lowest BCUT2D eigenvalue weighted by atomic mass is 9.88. The van der Waals surface area contributed by atoms with Crippen LogP contribution in [-0.2, 0) is 4.79 Å². The highest BCUT2D eigenvalue weighted by Crippen LogP contribution is 2.20. The molecule has 0 aromatic carbocycles. The Kier molecular flexibility index (Phi) is 3.50. The Bertz CT molecular complexity index is 209. The zero-order valence-electron chi connectivity index (χ0n) is 9.34. The zero-order chi connectivity index (χ0) is 10.8. The fraction of sp³-hybridized carbons (Fsp3) is 0.900. The van der Waals surface area contributed by atoms with Crippen LogP contribution in [0.5, 0.6) is 0 Å². The molecule has 0 aromatic heterocycles. The van der Waals surface area contributed by atoms with Gasteiger partial charge >= 0.3 is 0 Å². The lowest BCUT2D eigenvalue weighted by molar-refractivity contribution is -0.124. The summed E-state index contributed by atoms with van der Waals surface area (Å²) < 4.78 is 0. The van der Waals surface area contributed by atoms with E-state index in [1.807, 2.05) is 13.8 Å². The molecule has 0 spiro atoms. The molecule has 0 atom stereocenters. The van der Waals surface area contributed by atoms with E-state index in [0.717, 1.165) is 19.5 Å². The molecule has 14 heavy (non-hydrogen) atoms. The van der Waals surface area contributed by atoms with Crippen molar-refractivity contribution in [2.45, 2.75) is 38.8 Å². The molecule has 1 heterocycles. The Morgan fingerprint density at radius 3 is 2.57 bits per heavy atom. The summed E-state index contributed by atoms with van der Waals surface area (Å²) in [4.78, 5) is 13.4. The molecule has 0 aliphatic carbocycles. The first-order valence-electron chi connectivity index (χ1n) is 5.26. The van der Waals surface area contributed by atoms with Crippen molar-refractivity contribution >= 4 is 5.91 Å². The lowest BCUT2D eigenvalue weighted by Gasteiger charge is -2.47. The number of carbonyl (C=O) groups is 1. The summed E-state index contributed by atoms with van der Waals surface area (Å²) in [5.74, 6) is 0.0955. The van der Waals surface area contributed by atoms with Gasteiger partial charge in [-0.2, -0.15) is 0 Å². The molecule has 0 unspecified atom stereocenters. The smallest absolute Gasteiger partial charge is 0.234 e. The first-order valence-corrected chi connectivity index (χ1v) is 5.26. The molecule has 4 nitrogen and oxygen atoms in total. The molecule has 1 rings (SSSR count). The van der Waals surface area contributed by atoms with Crippen LogP contribution in [0, 0.1) is 0 Å².